The number of hydrogen-bond donors (Lipinski definition) is 7. The molecule has 13 heteroatoms. The molecule has 0 amide bonds. The van der Waals surface area contributed by atoms with Crippen LogP contribution in [0.1, 0.15) is 75.8 Å². The Bertz CT molecular complexity index is 1780. The first-order chi connectivity index (χ1) is 21.8. The highest BCUT2D eigenvalue weighted by Crippen LogP contribution is 2.52. The van der Waals surface area contributed by atoms with Gasteiger partial charge in [-0.3, -0.25) is 14.4 Å². The van der Waals surface area contributed by atoms with E-state index in [1.165, 1.54) is 25.1 Å². The van der Waals surface area contributed by atoms with E-state index in [2.05, 4.69) is 10.6 Å². The minimum Gasteiger partial charge on any atom is -0.507 e. The number of carbonyl (C=O) groups is 3. The molecule has 240 valence electrons. The summed E-state index contributed by atoms with van der Waals surface area (Å²) in [5.74, 6) is -4.20. The van der Waals surface area contributed by atoms with Crippen LogP contribution >= 0.6 is 12.2 Å². The normalized spacial score (nSPS) is 26.8. The lowest BCUT2D eigenvalue weighted by Gasteiger charge is -2.43. The minimum absolute atomic E-state index is 0.0306. The second-order valence-electron chi connectivity index (χ2n) is 11.9. The number of aromatic hydroxyl groups is 3. The Morgan fingerprint density at radius 1 is 1.00 bits per heavy atom. The van der Waals surface area contributed by atoms with Gasteiger partial charge in [0.1, 0.15) is 29.0 Å². The van der Waals surface area contributed by atoms with E-state index in [-0.39, 0.29) is 40.2 Å². The average Bonchev–Trinajstić information content (AvgIpc) is 3.00. The molecule has 6 atom stereocenters. The molecular formula is C33H32N2O10S. The molecule has 2 aliphatic carbocycles. The summed E-state index contributed by atoms with van der Waals surface area (Å²) in [5, 5.41) is 62.1. The molecule has 1 heterocycles. The Balaban J connectivity index is 1.36. The lowest BCUT2D eigenvalue weighted by molar-refractivity contribution is -0.248. The number of phenols is 3. The molecule has 0 spiro atoms. The number of ether oxygens (including phenoxy) is 2. The van der Waals surface area contributed by atoms with Crippen LogP contribution in [-0.4, -0.2) is 78.1 Å². The number of fused-ring (bicyclic) bond motifs is 3. The molecule has 0 radical (unpaired) electrons. The number of nitrogens with one attached hydrogen (secondary N) is 2. The monoisotopic (exact) mass is 648 g/mol. The fourth-order valence-electron chi connectivity index (χ4n) is 6.47. The number of rotatable bonds is 5. The third-order valence-corrected chi connectivity index (χ3v) is 9.12. The van der Waals surface area contributed by atoms with E-state index in [9.17, 15) is 39.9 Å². The van der Waals surface area contributed by atoms with Crippen LogP contribution in [0.2, 0.25) is 0 Å². The molecule has 1 aliphatic heterocycles. The molecular weight excluding hydrogens is 616 g/mol. The van der Waals surface area contributed by atoms with E-state index >= 15 is 0 Å². The van der Waals surface area contributed by atoms with Crippen LogP contribution in [-0.2, 0) is 20.7 Å². The molecule has 3 aromatic rings. The lowest BCUT2D eigenvalue weighted by atomic mass is 9.72. The van der Waals surface area contributed by atoms with Gasteiger partial charge in [-0.25, -0.2) is 0 Å². The average molecular weight is 649 g/mol. The Hall–Kier alpha value is -4.40. The number of thiocarbonyl (C=S) groups is 1. The van der Waals surface area contributed by atoms with Gasteiger partial charge in [-0.15, -0.1) is 0 Å². The van der Waals surface area contributed by atoms with Gasteiger partial charge in [-0.2, -0.15) is 0 Å². The van der Waals surface area contributed by atoms with Crippen molar-refractivity contribution in [3.63, 3.8) is 0 Å². The quantitative estimate of drug-likeness (QED) is 0.123. The van der Waals surface area contributed by atoms with Gasteiger partial charge in [0.15, 0.2) is 23.0 Å². The molecule has 3 aromatic carbocycles. The number of phenolic OH excluding ortho intramolecular Hbond substituents is 3. The van der Waals surface area contributed by atoms with Gasteiger partial charge in [0.05, 0.1) is 34.9 Å². The highest BCUT2D eigenvalue weighted by atomic mass is 32.1. The van der Waals surface area contributed by atoms with Crippen molar-refractivity contribution in [1.82, 2.24) is 5.32 Å². The smallest absolute Gasteiger partial charge is 0.202 e. The van der Waals surface area contributed by atoms with E-state index in [4.69, 9.17) is 21.7 Å². The number of Topliss-reactive ketones (excluding diaryl/α,β-unsaturated/α-hetero) is 1. The van der Waals surface area contributed by atoms with Crippen LogP contribution in [0.15, 0.2) is 48.5 Å². The molecule has 46 heavy (non-hydrogen) atoms. The van der Waals surface area contributed by atoms with Crippen LogP contribution in [0, 0.1) is 0 Å². The second kappa shape index (κ2) is 11.8. The maximum absolute atomic E-state index is 13.6. The standard InChI is InChI=1S/C33H32N2O10S/c1-14-27(38)19(35-32(46)34-16-7-4-3-5-8-16)11-22(44-14)45-21-13-33(43,15(2)36)12-18-24(21)31(42)26-25(29(18)40)28(39)17-9-6-10-20(37)23(17)30(26)41/h3-10,14,19,21-22,27,37-38,40,42-43H,11-13H2,1-2H3,(H2,34,35,46)/t14?,19?,21-,22?,27?,33-/m1/s1. The zero-order valence-electron chi connectivity index (χ0n) is 24.8. The predicted octanol–water partition coefficient (Wildman–Crippen LogP) is 2.75. The maximum atomic E-state index is 13.6. The van der Waals surface area contributed by atoms with Gasteiger partial charge in [0.25, 0.3) is 0 Å². The summed E-state index contributed by atoms with van der Waals surface area (Å²) in [6.45, 7) is 2.79. The molecule has 7 N–H and O–H groups in total. The van der Waals surface area contributed by atoms with Crippen molar-refractivity contribution < 1.29 is 49.4 Å². The summed E-state index contributed by atoms with van der Waals surface area (Å²) in [7, 11) is 0. The second-order valence-corrected chi connectivity index (χ2v) is 12.3. The summed E-state index contributed by atoms with van der Waals surface area (Å²) in [6.07, 6.45) is -4.99. The maximum Gasteiger partial charge on any atom is 0.202 e. The summed E-state index contributed by atoms with van der Waals surface area (Å²) < 4.78 is 12.2. The van der Waals surface area contributed by atoms with Crippen molar-refractivity contribution in [2.24, 2.45) is 0 Å². The molecule has 1 saturated heterocycles. The van der Waals surface area contributed by atoms with Crippen molar-refractivity contribution in [3.05, 3.63) is 81.9 Å². The predicted molar refractivity (Wildman–Crippen MR) is 167 cm³/mol. The van der Waals surface area contributed by atoms with Crippen molar-refractivity contribution in [2.45, 2.75) is 69.4 Å². The third-order valence-electron chi connectivity index (χ3n) is 8.90. The summed E-state index contributed by atoms with van der Waals surface area (Å²) in [6, 6.07) is 12.4. The topological polar surface area (TPSA) is 195 Å². The summed E-state index contributed by atoms with van der Waals surface area (Å²) in [4.78, 5) is 39.8. The first-order valence-corrected chi connectivity index (χ1v) is 15.1. The number of anilines is 1. The molecule has 12 nitrogen and oxygen atoms in total. The van der Waals surface area contributed by atoms with Gasteiger partial charge < -0.3 is 45.6 Å². The summed E-state index contributed by atoms with van der Waals surface area (Å²) >= 11 is 5.44. The highest BCUT2D eigenvalue weighted by Gasteiger charge is 2.49. The molecule has 3 aliphatic rings. The van der Waals surface area contributed by atoms with E-state index in [0.29, 0.717) is 0 Å². The summed E-state index contributed by atoms with van der Waals surface area (Å²) in [5.41, 5.74) is -3.09. The van der Waals surface area contributed by atoms with Crippen LogP contribution in [0.5, 0.6) is 17.2 Å². The van der Waals surface area contributed by atoms with Crippen LogP contribution in [0.25, 0.3) is 0 Å². The largest absolute Gasteiger partial charge is 0.507 e. The number of para-hydroxylation sites is 1. The van der Waals surface area contributed by atoms with Crippen LogP contribution < -0.4 is 10.6 Å². The fraction of sp³-hybridized carbons (Fsp3) is 0.333. The third kappa shape index (κ3) is 5.29. The lowest BCUT2D eigenvalue weighted by Crippen LogP contribution is -2.56. The SMILES string of the molecule is CC(=O)[C@@]1(O)Cc2c(O)c3c(c(O)c2[C@H](OC2CC(NC(=S)Nc4ccccc4)C(O)C(C)O2)C1)C(=O)c1c(O)cccc1C3=O. The molecule has 1 fully saturated rings. The molecule has 0 saturated carbocycles. The first-order valence-electron chi connectivity index (χ1n) is 14.7. The number of aliphatic hydroxyl groups excluding tert-OH is 1. The number of aliphatic hydroxyl groups is 2. The number of benzene rings is 3. The van der Waals surface area contributed by atoms with Crippen LogP contribution in [0.4, 0.5) is 5.69 Å². The Morgan fingerprint density at radius 2 is 1.70 bits per heavy atom. The minimum atomic E-state index is -2.06. The molecule has 0 aromatic heterocycles. The van der Waals surface area contributed by atoms with Crippen molar-refractivity contribution >= 4 is 40.4 Å². The fourth-order valence-corrected chi connectivity index (χ4v) is 6.74. The molecule has 6 rings (SSSR count). The van der Waals surface area contributed by atoms with E-state index < -0.39 is 88.4 Å². The van der Waals surface area contributed by atoms with Crippen molar-refractivity contribution in [1.29, 1.82) is 0 Å². The van der Waals surface area contributed by atoms with E-state index in [1.807, 2.05) is 30.3 Å². The number of hydrogen-bond acceptors (Lipinski definition) is 11. The number of carbonyl (C=O) groups excluding carboxylic acids is 3. The van der Waals surface area contributed by atoms with Gasteiger partial charge in [-0.05, 0) is 44.3 Å². The first kappa shape index (κ1) is 31.6. The zero-order valence-corrected chi connectivity index (χ0v) is 25.6. The Kier molecular flexibility index (Phi) is 8.07. The Labute approximate surface area is 268 Å². The van der Waals surface area contributed by atoms with E-state index in [1.54, 1.807) is 6.92 Å². The van der Waals surface area contributed by atoms with Gasteiger partial charge in [0, 0.05) is 41.6 Å². The molecule has 0 bridgehead atoms. The highest BCUT2D eigenvalue weighted by molar-refractivity contribution is 7.80. The van der Waals surface area contributed by atoms with E-state index in [0.717, 1.165) is 5.69 Å². The van der Waals surface area contributed by atoms with Crippen LogP contribution in [0.3, 0.4) is 0 Å². The van der Waals surface area contributed by atoms with Crippen molar-refractivity contribution in [3.8, 4) is 17.2 Å². The van der Waals surface area contributed by atoms with Crippen molar-refractivity contribution in [2.75, 3.05) is 5.32 Å². The van der Waals surface area contributed by atoms with Gasteiger partial charge in [0.2, 0.25) is 5.78 Å². The number of ketones is 3. The van der Waals surface area contributed by atoms with Gasteiger partial charge in [-0.1, -0.05) is 30.3 Å². The molecule has 4 unspecified atom stereocenters. The zero-order chi connectivity index (χ0) is 33.1. The van der Waals surface area contributed by atoms with Gasteiger partial charge >= 0.3 is 0 Å². The Morgan fingerprint density at radius 3 is 2.39 bits per heavy atom.